The van der Waals surface area contributed by atoms with Crippen LogP contribution in [-0.4, -0.2) is 14.4 Å². The van der Waals surface area contributed by atoms with Gasteiger partial charge in [-0.2, -0.15) is 0 Å². The van der Waals surface area contributed by atoms with Crippen LogP contribution in [0.15, 0.2) is 55.0 Å². The van der Waals surface area contributed by atoms with Gasteiger partial charge in [-0.15, -0.1) is 0 Å². The molecule has 0 aliphatic rings. The van der Waals surface area contributed by atoms with Crippen molar-refractivity contribution in [1.29, 1.82) is 0 Å². The monoisotopic (exact) mass is 308 g/mol. The maximum absolute atomic E-state index is 6.08. The number of halogens is 1. The summed E-state index contributed by atoms with van der Waals surface area (Å²) in [6.07, 6.45) is 3.61. The summed E-state index contributed by atoms with van der Waals surface area (Å²) in [7, 11) is 0. The highest BCUT2D eigenvalue weighted by Gasteiger charge is 2.09. The fourth-order valence-corrected chi connectivity index (χ4v) is 2.67. The van der Waals surface area contributed by atoms with E-state index in [0.29, 0.717) is 0 Å². The van der Waals surface area contributed by atoms with E-state index in [9.17, 15) is 0 Å². The largest absolute Gasteiger partial charge is 0.338 e. The molecule has 0 spiro atoms. The van der Waals surface area contributed by atoms with Crippen LogP contribution in [0.4, 0.5) is 11.5 Å². The number of aryl methyl sites for hydroxylation is 1. The van der Waals surface area contributed by atoms with Gasteiger partial charge in [0.25, 0.3) is 0 Å². The van der Waals surface area contributed by atoms with Gasteiger partial charge in [0.1, 0.15) is 5.52 Å². The van der Waals surface area contributed by atoms with E-state index in [1.54, 1.807) is 6.33 Å². The summed E-state index contributed by atoms with van der Waals surface area (Å²) in [4.78, 5) is 8.97. The van der Waals surface area contributed by atoms with Crippen LogP contribution in [0.2, 0.25) is 5.02 Å². The first kappa shape index (κ1) is 13.1. The van der Waals surface area contributed by atoms with Crippen molar-refractivity contribution in [1.82, 2.24) is 14.4 Å². The molecular formula is C17H13ClN4. The van der Waals surface area contributed by atoms with E-state index >= 15 is 0 Å². The molecule has 4 rings (SSSR count). The molecule has 2 aromatic carbocycles. The second kappa shape index (κ2) is 5.00. The molecule has 2 heterocycles. The lowest BCUT2D eigenvalue weighted by Crippen LogP contribution is -1.99. The number of hydrogen-bond donors (Lipinski definition) is 1. The van der Waals surface area contributed by atoms with E-state index in [2.05, 4.69) is 10.3 Å². The molecule has 4 nitrogen and oxygen atoms in total. The number of fused-ring (bicyclic) bond motifs is 3. The maximum atomic E-state index is 6.08. The second-order valence-corrected chi connectivity index (χ2v) is 5.59. The Labute approximate surface area is 132 Å². The van der Waals surface area contributed by atoms with Crippen LogP contribution in [0.3, 0.4) is 0 Å². The Hall–Kier alpha value is -2.59. The van der Waals surface area contributed by atoms with Crippen molar-refractivity contribution in [3.63, 3.8) is 0 Å². The lowest BCUT2D eigenvalue weighted by atomic mass is 10.2. The van der Waals surface area contributed by atoms with Crippen molar-refractivity contribution in [2.75, 3.05) is 5.32 Å². The molecule has 4 aromatic rings. The Balaban J connectivity index is 1.89. The van der Waals surface area contributed by atoms with E-state index in [4.69, 9.17) is 16.6 Å². The fraction of sp³-hybridized carbons (Fsp3) is 0.0588. The number of rotatable bonds is 2. The van der Waals surface area contributed by atoms with Gasteiger partial charge >= 0.3 is 0 Å². The van der Waals surface area contributed by atoms with Crippen LogP contribution < -0.4 is 5.32 Å². The lowest BCUT2D eigenvalue weighted by Gasteiger charge is -2.11. The molecular weight excluding hydrogens is 296 g/mol. The zero-order valence-electron chi connectivity index (χ0n) is 11.9. The van der Waals surface area contributed by atoms with Gasteiger partial charge in [0, 0.05) is 10.7 Å². The Bertz CT molecular complexity index is 990. The van der Waals surface area contributed by atoms with E-state index < -0.39 is 0 Å². The Morgan fingerprint density at radius 1 is 1.09 bits per heavy atom. The molecule has 0 unspecified atom stereocenters. The first-order chi connectivity index (χ1) is 10.7. The standard InChI is InChI=1S/C17H13ClN4/c1-11-8-12(6-7-13(11)18)20-17-16-9-19-10-22(16)15-5-3-2-4-14(15)21-17/h2-10H,1H3,(H,20,21). The highest BCUT2D eigenvalue weighted by Crippen LogP contribution is 2.26. The number of aromatic nitrogens is 3. The fourth-order valence-electron chi connectivity index (χ4n) is 2.55. The third kappa shape index (κ3) is 2.09. The van der Waals surface area contributed by atoms with Crippen molar-refractivity contribution in [3.8, 4) is 0 Å². The van der Waals surface area contributed by atoms with Crippen LogP contribution in [0.25, 0.3) is 16.6 Å². The van der Waals surface area contributed by atoms with Gasteiger partial charge in [0.2, 0.25) is 0 Å². The lowest BCUT2D eigenvalue weighted by molar-refractivity contribution is 1.19. The van der Waals surface area contributed by atoms with Crippen molar-refractivity contribution in [2.45, 2.75) is 6.92 Å². The molecule has 0 amide bonds. The van der Waals surface area contributed by atoms with Gasteiger partial charge in [-0.05, 0) is 42.8 Å². The molecule has 0 saturated heterocycles. The highest BCUT2D eigenvalue weighted by molar-refractivity contribution is 6.31. The predicted molar refractivity (Wildman–Crippen MR) is 90.0 cm³/mol. The van der Waals surface area contributed by atoms with E-state index in [1.807, 2.05) is 60.0 Å². The smallest absolute Gasteiger partial charge is 0.157 e. The summed E-state index contributed by atoms with van der Waals surface area (Å²) >= 11 is 6.08. The van der Waals surface area contributed by atoms with Crippen LogP contribution >= 0.6 is 11.6 Å². The Morgan fingerprint density at radius 3 is 2.82 bits per heavy atom. The van der Waals surface area contributed by atoms with Gasteiger partial charge in [-0.1, -0.05) is 23.7 Å². The summed E-state index contributed by atoms with van der Waals surface area (Å²) in [5.41, 5.74) is 4.87. The molecule has 5 heteroatoms. The van der Waals surface area contributed by atoms with Gasteiger partial charge in [0.15, 0.2) is 5.82 Å². The summed E-state index contributed by atoms with van der Waals surface area (Å²) in [5.74, 6) is 0.776. The van der Waals surface area contributed by atoms with Crippen molar-refractivity contribution in [3.05, 3.63) is 65.6 Å². The molecule has 0 bridgehead atoms. The van der Waals surface area contributed by atoms with Gasteiger partial charge in [0.05, 0.1) is 23.6 Å². The molecule has 108 valence electrons. The van der Waals surface area contributed by atoms with Crippen molar-refractivity contribution >= 4 is 39.7 Å². The predicted octanol–water partition coefficient (Wildman–Crippen LogP) is 4.59. The third-order valence-electron chi connectivity index (χ3n) is 3.68. The average Bonchev–Trinajstić information content (AvgIpc) is 3.01. The molecule has 0 saturated carbocycles. The third-order valence-corrected chi connectivity index (χ3v) is 4.10. The number of hydrogen-bond acceptors (Lipinski definition) is 3. The molecule has 0 aliphatic heterocycles. The quantitative estimate of drug-likeness (QED) is 0.589. The van der Waals surface area contributed by atoms with Gasteiger partial charge in [-0.3, -0.25) is 4.40 Å². The normalized spacial score (nSPS) is 11.2. The molecule has 0 radical (unpaired) electrons. The van der Waals surface area contributed by atoms with E-state index in [-0.39, 0.29) is 0 Å². The van der Waals surface area contributed by atoms with Gasteiger partial charge < -0.3 is 5.32 Å². The SMILES string of the molecule is Cc1cc(Nc2nc3ccccc3n3cncc23)ccc1Cl. The molecule has 22 heavy (non-hydrogen) atoms. The van der Waals surface area contributed by atoms with Crippen molar-refractivity contribution in [2.24, 2.45) is 0 Å². The van der Waals surface area contributed by atoms with E-state index in [1.165, 1.54) is 0 Å². The molecule has 0 aliphatic carbocycles. The zero-order valence-corrected chi connectivity index (χ0v) is 12.7. The van der Waals surface area contributed by atoms with Crippen LogP contribution in [0.1, 0.15) is 5.56 Å². The first-order valence-corrected chi connectivity index (χ1v) is 7.34. The van der Waals surface area contributed by atoms with Crippen LogP contribution in [-0.2, 0) is 0 Å². The number of imidazole rings is 1. The van der Waals surface area contributed by atoms with Gasteiger partial charge in [-0.25, -0.2) is 9.97 Å². The minimum Gasteiger partial charge on any atom is -0.338 e. The number of nitrogens with zero attached hydrogens (tertiary/aromatic N) is 3. The van der Waals surface area contributed by atoms with Crippen LogP contribution in [0, 0.1) is 6.92 Å². The molecule has 2 aromatic heterocycles. The minimum absolute atomic E-state index is 0.756. The van der Waals surface area contributed by atoms with Crippen molar-refractivity contribution < 1.29 is 0 Å². The number of anilines is 2. The summed E-state index contributed by atoms with van der Waals surface area (Å²) < 4.78 is 2.04. The number of benzene rings is 2. The molecule has 0 fully saturated rings. The average molecular weight is 309 g/mol. The summed E-state index contributed by atoms with van der Waals surface area (Å²) in [6.45, 7) is 1.98. The Morgan fingerprint density at radius 2 is 1.95 bits per heavy atom. The summed E-state index contributed by atoms with van der Waals surface area (Å²) in [6, 6.07) is 13.8. The molecule has 1 N–H and O–H groups in total. The minimum atomic E-state index is 0.756. The highest BCUT2D eigenvalue weighted by atomic mass is 35.5. The summed E-state index contributed by atoms with van der Waals surface area (Å²) in [5, 5.41) is 4.12. The molecule has 0 atom stereocenters. The van der Waals surface area contributed by atoms with Crippen LogP contribution in [0.5, 0.6) is 0 Å². The zero-order chi connectivity index (χ0) is 15.1. The second-order valence-electron chi connectivity index (χ2n) is 5.19. The maximum Gasteiger partial charge on any atom is 0.157 e. The first-order valence-electron chi connectivity index (χ1n) is 6.96. The number of nitrogens with one attached hydrogen (secondary N) is 1. The van der Waals surface area contributed by atoms with E-state index in [0.717, 1.165) is 38.6 Å². The topological polar surface area (TPSA) is 42.2 Å². The number of para-hydroxylation sites is 2. The Kier molecular flexibility index (Phi) is 2.98.